The van der Waals surface area contributed by atoms with Gasteiger partial charge in [0.1, 0.15) is 5.75 Å². The van der Waals surface area contributed by atoms with E-state index in [1.165, 1.54) is 18.9 Å². The third-order valence-corrected chi connectivity index (χ3v) is 3.44. The lowest BCUT2D eigenvalue weighted by Crippen LogP contribution is -2.13. The zero-order valence-corrected chi connectivity index (χ0v) is 13.6. The molecule has 2 N–H and O–H groups in total. The molecule has 0 bridgehead atoms. The molecule has 0 amide bonds. The summed E-state index contributed by atoms with van der Waals surface area (Å²) in [4.78, 5) is 0. The van der Waals surface area contributed by atoms with Crippen LogP contribution >= 0.6 is 0 Å². The van der Waals surface area contributed by atoms with E-state index in [2.05, 4.69) is 13.8 Å². The van der Waals surface area contributed by atoms with Gasteiger partial charge in [0.05, 0.1) is 18.4 Å². The maximum atomic E-state index is 13.8. The molecule has 1 aromatic carbocycles. The second-order valence-electron chi connectivity index (χ2n) is 5.71. The standard InChI is InChI=1S/C17H28FNO2/c1-5-7-8-13(6-2)11-20-17-10-16(21-12(3)4)14(18)9-15(17)19/h9-10,12-13H,5-8,11,19H2,1-4H3. The Bertz CT molecular complexity index is 435. The summed E-state index contributed by atoms with van der Waals surface area (Å²) in [6.45, 7) is 8.65. The molecule has 21 heavy (non-hydrogen) atoms. The minimum Gasteiger partial charge on any atom is -0.491 e. The average molecular weight is 297 g/mol. The molecule has 0 aliphatic carbocycles. The van der Waals surface area contributed by atoms with Crippen LogP contribution < -0.4 is 15.2 Å². The van der Waals surface area contributed by atoms with Gasteiger partial charge in [-0.2, -0.15) is 0 Å². The number of anilines is 1. The number of benzene rings is 1. The van der Waals surface area contributed by atoms with Crippen molar-refractivity contribution in [3.63, 3.8) is 0 Å². The molecule has 120 valence electrons. The first kappa shape index (κ1) is 17.6. The van der Waals surface area contributed by atoms with Crippen LogP contribution in [-0.2, 0) is 0 Å². The predicted molar refractivity (Wildman–Crippen MR) is 85.4 cm³/mol. The molecular formula is C17H28FNO2. The van der Waals surface area contributed by atoms with Crippen LogP contribution in [0.3, 0.4) is 0 Å². The average Bonchev–Trinajstić information content (AvgIpc) is 2.43. The highest BCUT2D eigenvalue weighted by molar-refractivity contribution is 5.56. The molecule has 1 atom stereocenters. The summed E-state index contributed by atoms with van der Waals surface area (Å²) in [5.41, 5.74) is 6.14. The lowest BCUT2D eigenvalue weighted by atomic mass is 10.0. The van der Waals surface area contributed by atoms with E-state index in [1.54, 1.807) is 6.07 Å². The number of hydrogen-bond donors (Lipinski definition) is 1. The summed E-state index contributed by atoms with van der Waals surface area (Å²) in [5.74, 6) is 0.744. The van der Waals surface area contributed by atoms with Gasteiger partial charge in [0.15, 0.2) is 11.6 Å². The van der Waals surface area contributed by atoms with Crippen molar-refractivity contribution in [2.45, 2.75) is 59.5 Å². The third-order valence-electron chi connectivity index (χ3n) is 3.44. The first-order valence-corrected chi connectivity index (χ1v) is 7.86. The molecule has 0 saturated heterocycles. The van der Waals surface area contributed by atoms with Gasteiger partial charge in [0.25, 0.3) is 0 Å². The van der Waals surface area contributed by atoms with Crippen LogP contribution in [0, 0.1) is 11.7 Å². The zero-order valence-electron chi connectivity index (χ0n) is 13.6. The molecule has 0 spiro atoms. The number of rotatable bonds is 9. The molecule has 0 aliphatic heterocycles. The van der Waals surface area contributed by atoms with Crippen LogP contribution in [0.25, 0.3) is 0 Å². The Hall–Kier alpha value is -1.45. The lowest BCUT2D eigenvalue weighted by molar-refractivity contribution is 0.220. The zero-order chi connectivity index (χ0) is 15.8. The third kappa shape index (κ3) is 5.82. The minimum atomic E-state index is -0.452. The summed E-state index contributed by atoms with van der Waals surface area (Å²) >= 11 is 0. The fraction of sp³-hybridized carbons (Fsp3) is 0.647. The summed E-state index contributed by atoms with van der Waals surface area (Å²) in [5, 5.41) is 0. The maximum absolute atomic E-state index is 13.8. The largest absolute Gasteiger partial charge is 0.491 e. The van der Waals surface area contributed by atoms with Gasteiger partial charge < -0.3 is 15.2 Å². The van der Waals surface area contributed by atoms with E-state index >= 15 is 0 Å². The molecule has 1 rings (SSSR count). The van der Waals surface area contributed by atoms with Crippen LogP contribution in [0.5, 0.6) is 11.5 Å². The van der Waals surface area contributed by atoms with Crippen molar-refractivity contribution in [2.24, 2.45) is 5.92 Å². The van der Waals surface area contributed by atoms with Gasteiger partial charge in [-0.1, -0.05) is 33.1 Å². The van der Waals surface area contributed by atoms with Gasteiger partial charge in [0.2, 0.25) is 0 Å². The lowest BCUT2D eigenvalue weighted by Gasteiger charge is -2.18. The SMILES string of the molecule is CCCCC(CC)COc1cc(OC(C)C)c(F)cc1N. The fourth-order valence-electron chi connectivity index (χ4n) is 2.13. The van der Waals surface area contributed by atoms with E-state index in [1.807, 2.05) is 13.8 Å². The Morgan fingerprint density at radius 1 is 1.19 bits per heavy atom. The van der Waals surface area contributed by atoms with Crippen LogP contribution in [0.4, 0.5) is 10.1 Å². The summed E-state index contributed by atoms with van der Waals surface area (Å²) in [6.07, 6.45) is 4.49. The quantitative estimate of drug-likeness (QED) is 0.666. The molecule has 3 nitrogen and oxygen atoms in total. The number of nitrogens with two attached hydrogens (primary N) is 1. The van der Waals surface area contributed by atoms with Crippen molar-refractivity contribution >= 4 is 5.69 Å². The second-order valence-corrected chi connectivity index (χ2v) is 5.71. The van der Waals surface area contributed by atoms with E-state index < -0.39 is 5.82 Å². The van der Waals surface area contributed by atoms with Crippen LogP contribution in [-0.4, -0.2) is 12.7 Å². The molecular weight excluding hydrogens is 269 g/mol. The van der Waals surface area contributed by atoms with Crippen molar-refractivity contribution < 1.29 is 13.9 Å². The highest BCUT2D eigenvalue weighted by Crippen LogP contribution is 2.31. The molecule has 1 unspecified atom stereocenters. The Morgan fingerprint density at radius 3 is 2.48 bits per heavy atom. The van der Waals surface area contributed by atoms with Gasteiger partial charge in [-0.3, -0.25) is 0 Å². The Morgan fingerprint density at radius 2 is 1.90 bits per heavy atom. The van der Waals surface area contributed by atoms with Crippen molar-refractivity contribution in [2.75, 3.05) is 12.3 Å². The van der Waals surface area contributed by atoms with E-state index in [0.717, 1.165) is 12.8 Å². The highest BCUT2D eigenvalue weighted by atomic mass is 19.1. The fourth-order valence-corrected chi connectivity index (χ4v) is 2.13. The monoisotopic (exact) mass is 297 g/mol. The topological polar surface area (TPSA) is 44.5 Å². The smallest absolute Gasteiger partial charge is 0.167 e. The van der Waals surface area contributed by atoms with Crippen molar-refractivity contribution in [1.82, 2.24) is 0 Å². The molecule has 0 saturated carbocycles. The number of ether oxygens (including phenoxy) is 2. The molecule has 4 heteroatoms. The van der Waals surface area contributed by atoms with Crippen LogP contribution in [0.2, 0.25) is 0 Å². The highest BCUT2D eigenvalue weighted by Gasteiger charge is 2.13. The molecule has 0 fully saturated rings. The van der Waals surface area contributed by atoms with E-state index in [9.17, 15) is 4.39 Å². The number of hydrogen-bond acceptors (Lipinski definition) is 3. The van der Waals surface area contributed by atoms with Crippen molar-refractivity contribution in [3.8, 4) is 11.5 Å². The summed E-state index contributed by atoms with van der Waals surface area (Å²) < 4.78 is 25.0. The Balaban J connectivity index is 2.73. The van der Waals surface area contributed by atoms with Gasteiger partial charge in [-0.25, -0.2) is 4.39 Å². The summed E-state index contributed by atoms with van der Waals surface area (Å²) in [7, 11) is 0. The van der Waals surface area contributed by atoms with Gasteiger partial charge in [-0.15, -0.1) is 0 Å². The summed E-state index contributed by atoms with van der Waals surface area (Å²) in [6, 6.07) is 2.82. The molecule has 0 aliphatic rings. The minimum absolute atomic E-state index is 0.0936. The molecule has 0 radical (unpaired) electrons. The van der Waals surface area contributed by atoms with Crippen LogP contribution in [0.15, 0.2) is 12.1 Å². The number of halogens is 1. The number of unbranched alkanes of at least 4 members (excludes halogenated alkanes) is 1. The normalized spacial score (nSPS) is 12.5. The first-order chi connectivity index (χ1) is 9.97. The molecule has 0 heterocycles. The maximum Gasteiger partial charge on any atom is 0.167 e. The first-order valence-electron chi connectivity index (χ1n) is 7.86. The molecule has 0 aromatic heterocycles. The Kier molecular flexibility index (Phi) is 7.34. The molecule has 1 aromatic rings. The van der Waals surface area contributed by atoms with E-state index in [-0.39, 0.29) is 11.9 Å². The van der Waals surface area contributed by atoms with Gasteiger partial charge >= 0.3 is 0 Å². The van der Waals surface area contributed by atoms with Gasteiger partial charge in [-0.05, 0) is 26.2 Å². The van der Waals surface area contributed by atoms with Crippen LogP contribution in [0.1, 0.15) is 53.4 Å². The van der Waals surface area contributed by atoms with Gasteiger partial charge in [0, 0.05) is 12.1 Å². The van der Waals surface area contributed by atoms with Crippen molar-refractivity contribution in [1.29, 1.82) is 0 Å². The number of nitrogen functional groups attached to an aromatic ring is 1. The van der Waals surface area contributed by atoms with Crippen molar-refractivity contribution in [3.05, 3.63) is 17.9 Å². The van der Waals surface area contributed by atoms with E-state index in [0.29, 0.717) is 24.0 Å². The predicted octanol–water partition coefficient (Wildman–Crippen LogP) is 4.79. The van der Waals surface area contributed by atoms with E-state index in [4.69, 9.17) is 15.2 Å². The second kappa shape index (κ2) is 8.75. The Labute approximate surface area is 127 Å².